The van der Waals surface area contributed by atoms with Crippen LogP contribution in [-0.2, 0) is 11.3 Å². The van der Waals surface area contributed by atoms with Gasteiger partial charge in [0.2, 0.25) is 5.91 Å². The lowest BCUT2D eigenvalue weighted by molar-refractivity contribution is -0.133. The quantitative estimate of drug-likeness (QED) is 0.679. The second kappa shape index (κ2) is 5.78. The van der Waals surface area contributed by atoms with Gasteiger partial charge in [-0.1, -0.05) is 19.1 Å². The molecule has 0 bridgehead atoms. The van der Waals surface area contributed by atoms with E-state index >= 15 is 0 Å². The van der Waals surface area contributed by atoms with Gasteiger partial charge in [0.25, 0.3) is 0 Å². The molecule has 0 unspecified atom stereocenters. The maximum atomic E-state index is 12.6. The Labute approximate surface area is 138 Å². The summed E-state index contributed by atoms with van der Waals surface area (Å²) in [6.45, 7) is 3.90. The van der Waals surface area contributed by atoms with Crippen molar-refractivity contribution in [3.8, 4) is 0 Å². The van der Waals surface area contributed by atoms with Crippen LogP contribution in [0.5, 0.6) is 0 Å². The van der Waals surface area contributed by atoms with Crippen LogP contribution in [0.15, 0.2) is 39.7 Å². The highest BCUT2D eigenvalue weighted by molar-refractivity contribution is 6.02. The molecule has 4 rings (SSSR count). The molecule has 0 saturated carbocycles. The van der Waals surface area contributed by atoms with Gasteiger partial charge in [0.15, 0.2) is 0 Å². The summed E-state index contributed by atoms with van der Waals surface area (Å²) in [5, 5.41) is 5.48. The van der Waals surface area contributed by atoms with E-state index in [9.17, 15) is 9.59 Å². The van der Waals surface area contributed by atoms with Gasteiger partial charge in [0.05, 0.1) is 11.7 Å². The van der Waals surface area contributed by atoms with Gasteiger partial charge in [0, 0.05) is 18.5 Å². The molecule has 124 valence electrons. The monoisotopic (exact) mass is 325 g/mol. The van der Waals surface area contributed by atoms with Crippen molar-refractivity contribution in [2.45, 2.75) is 26.3 Å². The van der Waals surface area contributed by atoms with E-state index < -0.39 is 5.63 Å². The number of nitrogens with zero attached hydrogens (tertiary/aromatic N) is 3. The average Bonchev–Trinajstić information content (AvgIpc) is 3.00. The van der Waals surface area contributed by atoms with Gasteiger partial charge in [-0.2, -0.15) is 5.10 Å². The van der Waals surface area contributed by atoms with Crippen LogP contribution in [0.2, 0.25) is 0 Å². The van der Waals surface area contributed by atoms with E-state index in [1.54, 1.807) is 10.7 Å². The number of fused-ring (bicyclic) bond motifs is 3. The minimum Gasteiger partial charge on any atom is -0.422 e. The first-order valence-corrected chi connectivity index (χ1v) is 8.28. The minimum absolute atomic E-state index is 0.0453. The van der Waals surface area contributed by atoms with Gasteiger partial charge in [-0.15, -0.1) is 0 Å². The van der Waals surface area contributed by atoms with E-state index in [1.807, 2.05) is 23.1 Å². The van der Waals surface area contributed by atoms with Crippen LogP contribution in [0.25, 0.3) is 21.9 Å². The number of hydrogen-bond donors (Lipinski definition) is 0. The molecule has 0 N–H and O–H groups in total. The van der Waals surface area contributed by atoms with Crippen LogP contribution in [-0.4, -0.2) is 33.7 Å². The van der Waals surface area contributed by atoms with Crippen molar-refractivity contribution in [3.05, 3.63) is 40.9 Å². The normalized spacial score (nSPS) is 18.4. The highest BCUT2D eigenvalue weighted by Gasteiger charge is 2.22. The minimum atomic E-state index is -0.422. The number of carbonyl (C=O) groups excluding carboxylic acids is 1. The predicted octanol–water partition coefficient (Wildman–Crippen LogP) is 2.40. The summed E-state index contributed by atoms with van der Waals surface area (Å²) >= 11 is 0. The van der Waals surface area contributed by atoms with Crippen molar-refractivity contribution in [2.24, 2.45) is 5.92 Å². The summed E-state index contributed by atoms with van der Waals surface area (Å²) in [6, 6.07) is 7.33. The first kappa shape index (κ1) is 14.9. The maximum Gasteiger partial charge on any atom is 0.347 e. The van der Waals surface area contributed by atoms with E-state index in [4.69, 9.17) is 4.42 Å². The second-order valence-corrected chi connectivity index (χ2v) is 6.54. The third kappa shape index (κ3) is 2.48. The van der Waals surface area contributed by atoms with Gasteiger partial charge >= 0.3 is 5.63 Å². The zero-order valence-corrected chi connectivity index (χ0v) is 13.6. The van der Waals surface area contributed by atoms with Crippen molar-refractivity contribution in [1.29, 1.82) is 0 Å². The maximum absolute atomic E-state index is 12.6. The van der Waals surface area contributed by atoms with Crippen molar-refractivity contribution in [3.63, 3.8) is 0 Å². The summed E-state index contributed by atoms with van der Waals surface area (Å²) < 4.78 is 6.94. The predicted molar refractivity (Wildman–Crippen MR) is 90.8 cm³/mol. The van der Waals surface area contributed by atoms with E-state index in [1.165, 1.54) is 12.6 Å². The number of aromatic nitrogens is 2. The van der Waals surface area contributed by atoms with E-state index in [2.05, 4.69) is 12.0 Å². The molecule has 1 atom stereocenters. The van der Waals surface area contributed by atoms with Crippen LogP contribution >= 0.6 is 0 Å². The first-order valence-electron chi connectivity index (χ1n) is 8.28. The van der Waals surface area contributed by atoms with Crippen LogP contribution in [0.1, 0.15) is 19.8 Å². The number of carbonyl (C=O) groups is 1. The SMILES string of the molecule is C[C@@H]1CCCN(C(=O)Cn2ncc3c(=O)oc4ccccc4c32)C1. The fourth-order valence-electron chi connectivity index (χ4n) is 3.49. The summed E-state index contributed by atoms with van der Waals surface area (Å²) in [6.07, 6.45) is 3.69. The lowest BCUT2D eigenvalue weighted by atomic mass is 10.0. The second-order valence-electron chi connectivity index (χ2n) is 6.54. The molecular formula is C18H19N3O3. The van der Waals surface area contributed by atoms with Crippen LogP contribution in [0.4, 0.5) is 0 Å². The molecule has 3 aromatic rings. The smallest absolute Gasteiger partial charge is 0.347 e. The fourth-order valence-corrected chi connectivity index (χ4v) is 3.49. The topological polar surface area (TPSA) is 68.3 Å². The zero-order valence-electron chi connectivity index (χ0n) is 13.6. The third-order valence-corrected chi connectivity index (χ3v) is 4.70. The number of piperidine rings is 1. The average molecular weight is 325 g/mol. The molecule has 1 aliphatic rings. The van der Waals surface area contributed by atoms with Crippen molar-refractivity contribution in [1.82, 2.24) is 14.7 Å². The molecule has 1 aromatic carbocycles. The lowest BCUT2D eigenvalue weighted by Crippen LogP contribution is -2.41. The number of hydrogen-bond acceptors (Lipinski definition) is 4. The third-order valence-electron chi connectivity index (χ3n) is 4.70. The van der Waals surface area contributed by atoms with Crippen LogP contribution in [0.3, 0.4) is 0 Å². The van der Waals surface area contributed by atoms with Crippen LogP contribution < -0.4 is 5.63 Å². The Balaban J connectivity index is 1.74. The Kier molecular flexibility index (Phi) is 3.59. The van der Waals surface area contributed by atoms with Crippen molar-refractivity contribution >= 4 is 27.8 Å². The molecule has 1 fully saturated rings. The number of para-hydroxylation sites is 1. The van der Waals surface area contributed by atoms with Crippen molar-refractivity contribution < 1.29 is 9.21 Å². The summed E-state index contributed by atoms with van der Waals surface area (Å²) in [4.78, 5) is 26.7. The molecule has 1 saturated heterocycles. The molecule has 1 aliphatic heterocycles. The highest BCUT2D eigenvalue weighted by Crippen LogP contribution is 2.23. The Morgan fingerprint density at radius 1 is 1.33 bits per heavy atom. The molecule has 0 spiro atoms. The number of benzene rings is 1. The highest BCUT2D eigenvalue weighted by atomic mass is 16.4. The number of rotatable bonds is 2. The Morgan fingerprint density at radius 2 is 2.17 bits per heavy atom. The van der Waals surface area contributed by atoms with Gasteiger partial charge in [-0.05, 0) is 30.9 Å². The van der Waals surface area contributed by atoms with Gasteiger partial charge in [-0.25, -0.2) is 4.79 Å². The molecule has 6 nitrogen and oxygen atoms in total. The van der Waals surface area contributed by atoms with E-state index in [-0.39, 0.29) is 12.5 Å². The molecule has 3 heterocycles. The molecule has 2 aromatic heterocycles. The van der Waals surface area contributed by atoms with Gasteiger partial charge in [0.1, 0.15) is 17.5 Å². The molecule has 0 aliphatic carbocycles. The molecule has 1 amide bonds. The summed E-state index contributed by atoms with van der Waals surface area (Å²) in [5.41, 5.74) is 0.755. The summed E-state index contributed by atoms with van der Waals surface area (Å²) in [5.74, 6) is 0.578. The van der Waals surface area contributed by atoms with Crippen LogP contribution in [0, 0.1) is 5.92 Å². The van der Waals surface area contributed by atoms with E-state index in [0.717, 1.165) is 24.9 Å². The Morgan fingerprint density at radius 3 is 3.00 bits per heavy atom. The standard InChI is InChI=1S/C18H19N3O3/c1-12-5-4-8-20(10-12)16(22)11-21-17-13-6-2-3-7-15(13)24-18(23)14(17)9-19-21/h2-3,6-7,9,12H,4-5,8,10-11H2,1H3/t12-/m1/s1. The number of likely N-dealkylation sites (tertiary alicyclic amines) is 1. The lowest BCUT2D eigenvalue weighted by Gasteiger charge is -2.31. The Hall–Kier alpha value is -2.63. The largest absolute Gasteiger partial charge is 0.422 e. The van der Waals surface area contributed by atoms with Gasteiger partial charge in [-0.3, -0.25) is 9.48 Å². The number of amides is 1. The van der Waals surface area contributed by atoms with Crippen molar-refractivity contribution in [2.75, 3.05) is 13.1 Å². The Bertz CT molecular complexity index is 972. The summed E-state index contributed by atoms with van der Waals surface area (Å²) in [7, 11) is 0. The van der Waals surface area contributed by atoms with Gasteiger partial charge < -0.3 is 9.32 Å². The molecular weight excluding hydrogens is 306 g/mol. The molecule has 6 heteroatoms. The molecule has 24 heavy (non-hydrogen) atoms. The van der Waals surface area contributed by atoms with E-state index in [0.29, 0.717) is 22.4 Å². The fraction of sp³-hybridized carbons (Fsp3) is 0.389. The zero-order chi connectivity index (χ0) is 16.7. The molecule has 0 radical (unpaired) electrons. The first-order chi connectivity index (χ1) is 11.6.